The summed E-state index contributed by atoms with van der Waals surface area (Å²) in [6.07, 6.45) is 2.91. The summed E-state index contributed by atoms with van der Waals surface area (Å²) in [5, 5.41) is 0. The lowest BCUT2D eigenvalue weighted by Gasteiger charge is -2.39. The molecule has 1 aliphatic heterocycles. The molecule has 0 radical (unpaired) electrons. The van der Waals surface area contributed by atoms with Gasteiger partial charge in [0.1, 0.15) is 36.9 Å². The minimum Gasteiger partial charge on any atom is -1.00 e. The topological polar surface area (TPSA) is 49.8 Å². The third-order valence-electron chi connectivity index (χ3n) is 7.58. The van der Waals surface area contributed by atoms with E-state index in [1.165, 1.54) is 16.7 Å². The Morgan fingerprint density at radius 2 is 1.35 bits per heavy atom. The summed E-state index contributed by atoms with van der Waals surface area (Å²) in [5.41, 5.74) is 4.94. The molecule has 0 amide bonds. The second kappa shape index (κ2) is 13.8. The van der Waals surface area contributed by atoms with Crippen LogP contribution in [0, 0.1) is 0 Å². The number of methoxy groups -OCH3 is 1. The van der Waals surface area contributed by atoms with Crippen molar-refractivity contribution < 1.29 is 40.4 Å². The van der Waals surface area contributed by atoms with E-state index >= 15 is 0 Å². The summed E-state index contributed by atoms with van der Waals surface area (Å²) in [5.74, 6) is 4.41. The molecule has 1 aliphatic rings. The van der Waals surface area contributed by atoms with Crippen LogP contribution in [0.25, 0.3) is 0 Å². The molecule has 1 unspecified atom stereocenters. The number of likely N-dealkylation sites (N-methyl/N-ethyl adjacent to an activating group) is 1. The van der Waals surface area contributed by atoms with Crippen molar-refractivity contribution >= 4 is 0 Å². The van der Waals surface area contributed by atoms with Gasteiger partial charge in [-0.25, -0.2) is 4.98 Å². The molecule has 0 fully saturated rings. The fourth-order valence-electron chi connectivity index (χ4n) is 5.37. The molecule has 0 N–H and O–H groups in total. The highest BCUT2D eigenvalue weighted by Crippen LogP contribution is 2.36. The number of hydrogen-bond donors (Lipinski definition) is 0. The van der Waals surface area contributed by atoms with Crippen molar-refractivity contribution in [3.8, 4) is 34.6 Å². The van der Waals surface area contributed by atoms with E-state index in [0.29, 0.717) is 18.2 Å². The largest absolute Gasteiger partial charge is 1.00 e. The molecule has 6 nitrogen and oxygen atoms in total. The van der Waals surface area contributed by atoms with Crippen LogP contribution in [-0.4, -0.2) is 30.2 Å². The van der Waals surface area contributed by atoms with Crippen LogP contribution in [0.1, 0.15) is 22.3 Å². The van der Waals surface area contributed by atoms with Gasteiger partial charge in [0.05, 0.1) is 20.7 Å². The van der Waals surface area contributed by atoms with Crippen LogP contribution in [0.15, 0.2) is 115 Å². The predicted octanol–water partition coefficient (Wildman–Crippen LogP) is 4.96. The van der Waals surface area contributed by atoms with Gasteiger partial charge >= 0.3 is 0 Å². The monoisotopic (exact) mass is 638 g/mol. The van der Waals surface area contributed by atoms with Gasteiger partial charge in [-0.3, -0.25) is 0 Å². The molecule has 2 heterocycles. The average Bonchev–Trinajstić information content (AvgIpc) is 3.02. The van der Waals surface area contributed by atoms with Crippen molar-refractivity contribution in [1.29, 1.82) is 0 Å². The third kappa shape index (κ3) is 7.74. The van der Waals surface area contributed by atoms with E-state index in [4.69, 9.17) is 18.9 Å². The fraction of sp³-hybridized carbons (Fsp3) is 0.194. The first kappa shape index (κ1) is 30.1. The van der Waals surface area contributed by atoms with E-state index in [1.807, 2.05) is 85.1 Å². The smallest absolute Gasteiger partial charge is 0.219 e. The molecule has 220 valence electrons. The number of fused-ring (bicyclic) bond motifs is 1. The summed E-state index contributed by atoms with van der Waals surface area (Å²) >= 11 is 0. The van der Waals surface area contributed by atoms with Crippen LogP contribution in [0.5, 0.6) is 34.6 Å². The molecule has 0 saturated heterocycles. The van der Waals surface area contributed by atoms with Gasteiger partial charge in [0.2, 0.25) is 5.88 Å². The molecule has 7 heteroatoms. The number of benzene rings is 4. The van der Waals surface area contributed by atoms with E-state index in [1.54, 1.807) is 7.11 Å². The van der Waals surface area contributed by atoms with Crippen LogP contribution in [0.4, 0.5) is 0 Å². The quantitative estimate of drug-likeness (QED) is 0.202. The molecule has 6 rings (SSSR count). The van der Waals surface area contributed by atoms with Gasteiger partial charge < -0.3 is 40.4 Å². The number of ether oxygens (including phenoxy) is 4. The molecule has 5 aromatic rings. The van der Waals surface area contributed by atoms with E-state index < -0.39 is 0 Å². The Hall–Kier alpha value is -4.33. The number of quaternary nitrogens is 1. The highest BCUT2D eigenvalue weighted by Gasteiger charge is 2.30. The number of halogens is 1. The Morgan fingerprint density at radius 1 is 0.698 bits per heavy atom. The third-order valence-corrected chi connectivity index (χ3v) is 7.58. The Kier molecular flexibility index (Phi) is 9.65. The van der Waals surface area contributed by atoms with Crippen molar-refractivity contribution in [2.45, 2.75) is 26.1 Å². The van der Waals surface area contributed by atoms with Crippen molar-refractivity contribution in [3.63, 3.8) is 0 Å². The number of aromatic nitrogens is 1. The summed E-state index contributed by atoms with van der Waals surface area (Å²) in [6, 6.07) is 35.8. The first-order valence-electron chi connectivity index (χ1n) is 14.2. The lowest BCUT2D eigenvalue weighted by molar-refractivity contribution is -0.937. The van der Waals surface area contributed by atoms with Crippen LogP contribution in [0.2, 0.25) is 0 Å². The summed E-state index contributed by atoms with van der Waals surface area (Å²) in [7, 11) is 4.01. The van der Waals surface area contributed by atoms with Gasteiger partial charge in [0.25, 0.3) is 0 Å². The highest BCUT2D eigenvalue weighted by molar-refractivity contribution is 5.48. The van der Waals surface area contributed by atoms with E-state index in [0.717, 1.165) is 59.1 Å². The number of nitrogens with zero attached hydrogens (tertiary/aromatic N) is 2. The van der Waals surface area contributed by atoms with Crippen LogP contribution in [0.3, 0.4) is 0 Å². The SMILES string of the molecule is COc1cc2c(cc1OCc1ccccc1)C[N+](C)(Cc1ccc(Oc3ccc(Oc4ccccc4)cc3)nc1)CC2.[Br-]. The highest BCUT2D eigenvalue weighted by atomic mass is 79.9. The van der Waals surface area contributed by atoms with Gasteiger partial charge in [-0.1, -0.05) is 48.5 Å². The molecule has 0 aliphatic carbocycles. The van der Waals surface area contributed by atoms with Crippen LogP contribution < -0.4 is 35.9 Å². The predicted molar refractivity (Wildman–Crippen MR) is 163 cm³/mol. The fourth-order valence-corrected chi connectivity index (χ4v) is 5.37. The first-order chi connectivity index (χ1) is 20.5. The average molecular weight is 640 g/mol. The van der Waals surface area contributed by atoms with Gasteiger partial charge in [0, 0.05) is 29.8 Å². The maximum Gasteiger partial charge on any atom is 0.219 e. The zero-order chi connectivity index (χ0) is 28.8. The standard InChI is InChI=1S/C36H35N2O4.BrH/c1-38(20-19-29-21-34(39-2)35(22-30(29)25-38)40-26-27-9-5-3-6-10-27)24-28-13-18-36(37-23-28)42-33-16-14-32(15-17-33)41-31-11-7-4-8-12-31;/h3-18,21-23H,19-20,24-26H2,1-2H3;1H/q+1;/p-1. The molecule has 43 heavy (non-hydrogen) atoms. The van der Waals surface area contributed by atoms with E-state index in [9.17, 15) is 0 Å². The Labute approximate surface area is 263 Å². The zero-order valence-corrected chi connectivity index (χ0v) is 26.0. The summed E-state index contributed by atoms with van der Waals surface area (Å²) in [4.78, 5) is 4.59. The van der Waals surface area contributed by atoms with Crippen LogP contribution >= 0.6 is 0 Å². The van der Waals surface area contributed by atoms with Gasteiger partial charge in [0.15, 0.2) is 11.5 Å². The number of para-hydroxylation sites is 1. The molecular formula is C36H35BrN2O4. The van der Waals surface area contributed by atoms with Crippen molar-refractivity contribution in [2.24, 2.45) is 0 Å². The Bertz CT molecular complexity index is 1610. The minimum absolute atomic E-state index is 0. The molecule has 1 atom stereocenters. The lowest BCUT2D eigenvalue weighted by atomic mass is 9.96. The van der Waals surface area contributed by atoms with Crippen LogP contribution in [-0.2, 0) is 26.1 Å². The minimum atomic E-state index is 0. The first-order valence-corrected chi connectivity index (χ1v) is 14.2. The van der Waals surface area contributed by atoms with Gasteiger partial charge in [-0.15, -0.1) is 0 Å². The number of rotatable bonds is 10. The van der Waals surface area contributed by atoms with Crippen molar-refractivity contribution in [1.82, 2.24) is 4.98 Å². The molecule has 0 bridgehead atoms. The molecule has 0 spiro atoms. The Morgan fingerprint density at radius 3 is 2.02 bits per heavy atom. The molecular weight excluding hydrogens is 604 g/mol. The maximum atomic E-state index is 6.20. The second-order valence-electron chi connectivity index (χ2n) is 10.9. The normalized spacial score (nSPS) is 15.5. The summed E-state index contributed by atoms with van der Waals surface area (Å²) < 4.78 is 24.6. The Balaban J connectivity index is 0.00000368. The van der Waals surface area contributed by atoms with E-state index in [-0.39, 0.29) is 17.0 Å². The maximum absolute atomic E-state index is 6.20. The second-order valence-corrected chi connectivity index (χ2v) is 10.9. The van der Waals surface area contributed by atoms with Crippen molar-refractivity contribution in [3.05, 3.63) is 138 Å². The van der Waals surface area contributed by atoms with Crippen molar-refractivity contribution in [2.75, 3.05) is 20.7 Å². The molecule has 4 aromatic carbocycles. The van der Waals surface area contributed by atoms with Gasteiger partial charge in [-0.05, 0) is 65.7 Å². The summed E-state index contributed by atoms with van der Waals surface area (Å²) in [6.45, 7) is 3.34. The van der Waals surface area contributed by atoms with E-state index in [2.05, 4.69) is 42.4 Å². The van der Waals surface area contributed by atoms with Gasteiger partial charge in [-0.2, -0.15) is 0 Å². The zero-order valence-electron chi connectivity index (χ0n) is 24.4. The molecule has 1 aromatic heterocycles. The lowest BCUT2D eigenvalue weighted by Crippen LogP contribution is -3.00. The number of hydrogen-bond acceptors (Lipinski definition) is 5. The number of pyridine rings is 1. The molecule has 0 saturated carbocycles.